The number of hydrogen-bond acceptors (Lipinski definition) is 3. The van der Waals surface area contributed by atoms with Crippen LogP contribution in [-0.4, -0.2) is 41.0 Å². The van der Waals surface area contributed by atoms with Crippen LogP contribution in [0, 0.1) is 0 Å². The fraction of sp³-hybridized carbons (Fsp3) is 0.474. The molecule has 1 N–H and O–H groups in total. The van der Waals surface area contributed by atoms with E-state index < -0.39 is 0 Å². The summed E-state index contributed by atoms with van der Waals surface area (Å²) < 4.78 is 0. The zero-order valence-corrected chi connectivity index (χ0v) is 13.4. The maximum Gasteiger partial charge on any atom is 0.269 e. The standard InChI is InChI=1S/C19H23N3O/c23-19(18-11-14-5-1-2-6-15(14)12-20-18)21-13-17-9-4-10-22(17)16-7-3-8-16/h1-2,5-6,11-12,16-17H,3-4,7-10,13H2,(H,21,23)/t17-/m0/s1. The summed E-state index contributed by atoms with van der Waals surface area (Å²) in [7, 11) is 0. The van der Waals surface area contributed by atoms with Crippen LogP contribution >= 0.6 is 0 Å². The van der Waals surface area contributed by atoms with E-state index in [9.17, 15) is 4.79 Å². The maximum absolute atomic E-state index is 12.4. The van der Waals surface area contributed by atoms with Crippen molar-refractivity contribution in [3.63, 3.8) is 0 Å². The summed E-state index contributed by atoms with van der Waals surface area (Å²) in [5, 5.41) is 5.22. The number of carbonyl (C=O) groups is 1. The molecule has 23 heavy (non-hydrogen) atoms. The fourth-order valence-electron chi connectivity index (χ4n) is 3.79. The molecule has 0 bridgehead atoms. The molecule has 2 aromatic rings. The number of likely N-dealkylation sites (tertiary alicyclic amines) is 1. The Bertz CT molecular complexity index is 711. The number of nitrogens with one attached hydrogen (secondary N) is 1. The van der Waals surface area contributed by atoms with E-state index in [1.54, 1.807) is 6.20 Å². The van der Waals surface area contributed by atoms with Crippen LogP contribution in [-0.2, 0) is 0 Å². The molecule has 2 aliphatic rings. The number of amides is 1. The summed E-state index contributed by atoms with van der Waals surface area (Å²) in [4.78, 5) is 19.3. The molecule has 2 heterocycles. The molecule has 0 unspecified atom stereocenters. The molecule has 1 saturated heterocycles. The average molecular weight is 309 g/mol. The maximum atomic E-state index is 12.4. The van der Waals surface area contributed by atoms with Gasteiger partial charge in [0.1, 0.15) is 5.69 Å². The van der Waals surface area contributed by atoms with Crippen LogP contribution in [0.2, 0.25) is 0 Å². The Balaban J connectivity index is 1.40. The fourth-order valence-corrected chi connectivity index (χ4v) is 3.79. The first-order valence-corrected chi connectivity index (χ1v) is 8.70. The average Bonchev–Trinajstić information content (AvgIpc) is 2.98. The van der Waals surface area contributed by atoms with E-state index in [1.807, 2.05) is 30.3 Å². The molecule has 1 amide bonds. The number of carbonyl (C=O) groups excluding carboxylic acids is 1. The van der Waals surface area contributed by atoms with E-state index in [2.05, 4.69) is 15.2 Å². The van der Waals surface area contributed by atoms with Crippen molar-refractivity contribution < 1.29 is 4.79 Å². The molecule has 4 nitrogen and oxygen atoms in total. The van der Waals surface area contributed by atoms with E-state index in [0.29, 0.717) is 11.7 Å². The summed E-state index contributed by atoms with van der Waals surface area (Å²) in [5.41, 5.74) is 0.511. The van der Waals surface area contributed by atoms with Gasteiger partial charge in [0.25, 0.3) is 5.91 Å². The van der Waals surface area contributed by atoms with Crippen LogP contribution in [0.3, 0.4) is 0 Å². The Labute approximate surface area is 136 Å². The summed E-state index contributed by atoms with van der Waals surface area (Å²) in [5.74, 6) is -0.0591. The number of rotatable bonds is 4. The Morgan fingerprint density at radius 3 is 2.78 bits per heavy atom. The molecule has 1 aliphatic heterocycles. The molecule has 4 rings (SSSR count). The van der Waals surface area contributed by atoms with Crippen molar-refractivity contribution in [1.82, 2.24) is 15.2 Å². The Morgan fingerprint density at radius 1 is 1.17 bits per heavy atom. The van der Waals surface area contributed by atoms with Gasteiger partial charge < -0.3 is 5.32 Å². The molecule has 1 aliphatic carbocycles. The van der Waals surface area contributed by atoms with Gasteiger partial charge in [-0.3, -0.25) is 14.7 Å². The van der Waals surface area contributed by atoms with Gasteiger partial charge in [-0.15, -0.1) is 0 Å². The van der Waals surface area contributed by atoms with Crippen molar-refractivity contribution in [3.8, 4) is 0 Å². The van der Waals surface area contributed by atoms with Gasteiger partial charge in [0, 0.05) is 30.2 Å². The van der Waals surface area contributed by atoms with Crippen molar-refractivity contribution in [2.45, 2.75) is 44.2 Å². The second-order valence-electron chi connectivity index (χ2n) is 6.75. The first-order chi connectivity index (χ1) is 11.3. The summed E-state index contributed by atoms with van der Waals surface area (Å²) >= 11 is 0. The minimum Gasteiger partial charge on any atom is -0.349 e. The highest BCUT2D eigenvalue weighted by atomic mass is 16.1. The molecule has 1 aromatic carbocycles. The molecule has 2 fully saturated rings. The zero-order chi connectivity index (χ0) is 15.6. The third kappa shape index (κ3) is 2.95. The van der Waals surface area contributed by atoms with Gasteiger partial charge >= 0.3 is 0 Å². The van der Waals surface area contributed by atoms with Crippen LogP contribution in [0.1, 0.15) is 42.6 Å². The van der Waals surface area contributed by atoms with Gasteiger partial charge in [-0.2, -0.15) is 0 Å². The highest BCUT2D eigenvalue weighted by Gasteiger charge is 2.33. The van der Waals surface area contributed by atoms with Crippen molar-refractivity contribution in [1.29, 1.82) is 0 Å². The predicted octanol–water partition coefficient (Wildman–Crippen LogP) is 2.98. The number of hydrogen-bond donors (Lipinski definition) is 1. The van der Waals surface area contributed by atoms with Crippen LogP contribution in [0.25, 0.3) is 10.8 Å². The van der Waals surface area contributed by atoms with Gasteiger partial charge in [-0.05, 0) is 43.7 Å². The highest BCUT2D eigenvalue weighted by molar-refractivity contribution is 5.96. The minimum absolute atomic E-state index is 0.0591. The second kappa shape index (κ2) is 6.28. The molecular formula is C19H23N3O. The Morgan fingerprint density at radius 2 is 2.00 bits per heavy atom. The summed E-state index contributed by atoms with van der Waals surface area (Å²) in [6, 6.07) is 11.1. The predicted molar refractivity (Wildman–Crippen MR) is 91.4 cm³/mol. The first kappa shape index (κ1) is 14.6. The SMILES string of the molecule is O=C(NC[C@@H]1CCCN1C1CCC1)c1cc2ccccc2cn1. The van der Waals surface area contributed by atoms with Crippen LogP contribution < -0.4 is 5.32 Å². The van der Waals surface area contributed by atoms with Gasteiger partial charge in [0.2, 0.25) is 0 Å². The smallest absolute Gasteiger partial charge is 0.269 e. The lowest BCUT2D eigenvalue weighted by Gasteiger charge is -2.38. The van der Waals surface area contributed by atoms with Crippen molar-refractivity contribution in [2.75, 3.05) is 13.1 Å². The van der Waals surface area contributed by atoms with Gasteiger partial charge in [0.15, 0.2) is 0 Å². The molecular weight excluding hydrogens is 286 g/mol. The summed E-state index contributed by atoms with van der Waals surface area (Å²) in [6.45, 7) is 1.93. The molecule has 1 aromatic heterocycles. The third-order valence-corrected chi connectivity index (χ3v) is 5.33. The molecule has 4 heteroatoms. The monoisotopic (exact) mass is 309 g/mol. The van der Waals surface area contributed by atoms with Crippen LogP contribution in [0.15, 0.2) is 36.5 Å². The first-order valence-electron chi connectivity index (χ1n) is 8.70. The van der Waals surface area contributed by atoms with E-state index in [1.165, 1.54) is 38.6 Å². The Kier molecular flexibility index (Phi) is 4.00. The van der Waals surface area contributed by atoms with Crippen molar-refractivity contribution in [2.24, 2.45) is 0 Å². The van der Waals surface area contributed by atoms with Crippen LogP contribution in [0.5, 0.6) is 0 Å². The quantitative estimate of drug-likeness (QED) is 0.944. The molecule has 1 saturated carbocycles. The van der Waals surface area contributed by atoms with E-state index in [4.69, 9.17) is 0 Å². The summed E-state index contributed by atoms with van der Waals surface area (Å²) in [6.07, 6.45) is 8.25. The normalized spacial score (nSPS) is 22.2. The topological polar surface area (TPSA) is 45.2 Å². The van der Waals surface area contributed by atoms with E-state index in [-0.39, 0.29) is 5.91 Å². The van der Waals surface area contributed by atoms with Gasteiger partial charge in [-0.1, -0.05) is 30.7 Å². The minimum atomic E-state index is -0.0591. The van der Waals surface area contributed by atoms with Crippen molar-refractivity contribution >= 4 is 16.7 Å². The highest BCUT2D eigenvalue weighted by Crippen LogP contribution is 2.31. The van der Waals surface area contributed by atoms with Crippen LogP contribution in [0.4, 0.5) is 0 Å². The van der Waals surface area contributed by atoms with E-state index >= 15 is 0 Å². The lowest BCUT2D eigenvalue weighted by Crippen LogP contribution is -2.47. The van der Waals surface area contributed by atoms with Gasteiger partial charge in [-0.25, -0.2) is 0 Å². The zero-order valence-electron chi connectivity index (χ0n) is 13.4. The van der Waals surface area contributed by atoms with E-state index in [0.717, 1.165) is 23.4 Å². The number of benzene rings is 1. The number of aromatic nitrogens is 1. The number of fused-ring (bicyclic) bond motifs is 1. The molecule has 120 valence electrons. The lowest BCUT2D eigenvalue weighted by atomic mass is 9.91. The number of nitrogens with zero attached hydrogens (tertiary/aromatic N) is 2. The van der Waals surface area contributed by atoms with Crippen molar-refractivity contribution in [3.05, 3.63) is 42.2 Å². The van der Waals surface area contributed by atoms with Gasteiger partial charge in [0.05, 0.1) is 0 Å². The number of pyridine rings is 1. The molecule has 0 spiro atoms. The Hall–Kier alpha value is -1.94. The third-order valence-electron chi connectivity index (χ3n) is 5.33. The lowest BCUT2D eigenvalue weighted by molar-refractivity contribution is 0.0889. The second-order valence-corrected chi connectivity index (χ2v) is 6.75. The molecule has 0 radical (unpaired) electrons. The molecule has 1 atom stereocenters. The largest absolute Gasteiger partial charge is 0.349 e.